The van der Waals surface area contributed by atoms with Crippen molar-refractivity contribution in [2.75, 3.05) is 5.32 Å². The summed E-state index contributed by atoms with van der Waals surface area (Å²) in [5.41, 5.74) is 1.02. The Morgan fingerprint density at radius 2 is 1.65 bits per heavy atom. The van der Waals surface area contributed by atoms with Gasteiger partial charge in [-0.2, -0.15) is 0 Å². The molecule has 104 valence electrons. The van der Waals surface area contributed by atoms with Gasteiger partial charge < -0.3 is 5.32 Å². The minimum absolute atomic E-state index is 0.0404. The zero-order valence-electron chi connectivity index (χ0n) is 10.7. The second-order valence-electron chi connectivity index (χ2n) is 5.11. The van der Waals surface area contributed by atoms with E-state index in [4.69, 9.17) is 0 Å². The molecule has 0 heterocycles. The van der Waals surface area contributed by atoms with Crippen LogP contribution in [0.4, 0.5) is 14.5 Å². The number of anilines is 1. The molecule has 0 bridgehead atoms. The van der Waals surface area contributed by atoms with Crippen molar-refractivity contribution in [3.63, 3.8) is 0 Å². The SMILES string of the molecule is Fc1cc(Br)cc(F)c1NC(c1ccccc1)C1CC1. The van der Waals surface area contributed by atoms with Crippen LogP contribution in [0.3, 0.4) is 0 Å². The van der Waals surface area contributed by atoms with Gasteiger partial charge in [-0.3, -0.25) is 0 Å². The lowest BCUT2D eigenvalue weighted by Gasteiger charge is -2.21. The molecule has 2 aromatic rings. The van der Waals surface area contributed by atoms with Crippen molar-refractivity contribution in [3.8, 4) is 0 Å². The van der Waals surface area contributed by atoms with Gasteiger partial charge in [-0.25, -0.2) is 8.78 Å². The van der Waals surface area contributed by atoms with Crippen LogP contribution in [0.2, 0.25) is 0 Å². The van der Waals surface area contributed by atoms with Crippen molar-refractivity contribution in [3.05, 3.63) is 64.1 Å². The first-order valence-corrected chi connectivity index (χ1v) is 7.40. The first-order valence-electron chi connectivity index (χ1n) is 6.61. The van der Waals surface area contributed by atoms with Gasteiger partial charge in [-0.1, -0.05) is 46.3 Å². The summed E-state index contributed by atoms with van der Waals surface area (Å²) in [7, 11) is 0. The Balaban J connectivity index is 1.92. The monoisotopic (exact) mass is 337 g/mol. The topological polar surface area (TPSA) is 12.0 Å². The van der Waals surface area contributed by atoms with Crippen LogP contribution >= 0.6 is 15.9 Å². The van der Waals surface area contributed by atoms with Crippen LogP contribution in [0.25, 0.3) is 0 Å². The minimum Gasteiger partial charge on any atom is -0.373 e. The van der Waals surface area contributed by atoms with Gasteiger partial charge in [0.05, 0.1) is 6.04 Å². The van der Waals surface area contributed by atoms with E-state index in [0.29, 0.717) is 10.4 Å². The predicted molar refractivity (Wildman–Crippen MR) is 79.6 cm³/mol. The lowest BCUT2D eigenvalue weighted by molar-refractivity contribution is 0.574. The van der Waals surface area contributed by atoms with Crippen LogP contribution in [0.15, 0.2) is 46.9 Å². The lowest BCUT2D eigenvalue weighted by Crippen LogP contribution is -2.15. The van der Waals surface area contributed by atoms with Gasteiger partial charge in [0.2, 0.25) is 0 Å². The Morgan fingerprint density at radius 3 is 2.20 bits per heavy atom. The zero-order valence-corrected chi connectivity index (χ0v) is 12.3. The number of benzene rings is 2. The van der Waals surface area contributed by atoms with E-state index in [2.05, 4.69) is 21.2 Å². The number of nitrogens with one attached hydrogen (secondary N) is 1. The second-order valence-corrected chi connectivity index (χ2v) is 6.03. The van der Waals surface area contributed by atoms with Crippen LogP contribution in [0.1, 0.15) is 24.4 Å². The van der Waals surface area contributed by atoms with Crippen molar-refractivity contribution in [2.45, 2.75) is 18.9 Å². The summed E-state index contributed by atoms with van der Waals surface area (Å²) in [6.45, 7) is 0. The molecule has 1 aliphatic rings. The van der Waals surface area contributed by atoms with E-state index in [1.54, 1.807) is 0 Å². The van der Waals surface area contributed by atoms with Crippen LogP contribution in [-0.2, 0) is 0 Å². The molecule has 1 fully saturated rings. The fraction of sp³-hybridized carbons (Fsp3) is 0.250. The zero-order chi connectivity index (χ0) is 14.1. The fourth-order valence-corrected chi connectivity index (χ4v) is 2.80. The van der Waals surface area contributed by atoms with Gasteiger partial charge in [-0.15, -0.1) is 0 Å². The smallest absolute Gasteiger partial charge is 0.150 e. The Hall–Kier alpha value is -1.42. The number of hydrogen-bond acceptors (Lipinski definition) is 1. The number of halogens is 3. The Labute approximate surface area is 125 Å². The summed E-state index contributed by atoms with van der Waals surface area (Å²) in [5.74, 6) is -0.697. The minimum atomic E-state index is -0.571. The molecule has 4 heteroatoms. The van der Waals surface area contributed by atoms with Crippen molar-refractivity contribution in [1.29, 1.82) is 0 Å². The third-order valence-electron chi connectivity index (χ3n) is 3.56. The molecule has 3 rings (SSSR count). The van der Waals surface area contributed by atoms with Crippen LogP contribution in [-0.4, -0.2) is 0 Å². The second kappa shape index (κ2) is 5.52. The molecule has 0 radical (unpaired) electrons. The van der Waals surface area contributed by atoms with Gasteiger partial charge in [0.15, 0.2) is 0 Å². The maximum Gasteiger partial charge on any atom is 0.150 e. The summed E-state index contributed by atoms with van der Waals surface area (Å²) in [6, 6.07) is 12.3. The quantitative estimate of drug-likeness (QED) is 0.799. The van der Waals surface area contributed by atoms with Gasteiger partial charge in [0, 0.05) is 4.47 Å². The predicted octanol–water partition coefficient (Wildman–Crippen LogP) is 5.29. The summed E-state index contributed by atoms with van der Waals surface area (Å²) in [6.07, 6.45) is 2.18. The molecule has 1 unspecified atom stereocenters. The van der Waals surface area contributed by atoms with E-state index in [0.717, 1.165) is 18.4 Å². The highest BCUT2D eigenvalue weighted by Gasteiger charge is 2.33. The Kier molecular flexibility index (Phi) is 3.74. The average molecular weight is 338 g/mol. The van der Waals surface area contributed by atoms with Gasteiger partial charge in [-0.05, 0) is 36.5 Å². The van der Waals surface area contributed by atoms with E-state index < -0.39 is 11.6 Å². The van der Waals surface area contributed by atoms with Gasteiger partial charge in [0.25, 0.3) is 0 Å². The maximum atomic E-state index is 13.9. The van der Waals surface area contributed by atoms with Crippen molar-refractivity contribution >= 4 is 21.6 Å². The van der Waals surface area contributed by atoms with Crippen molar-refractivity contribution < 1.29 is 8.78 Å². The van der Waals surface area contributed by atoms with Gasteiger partial charge in [0.1, 0.15) is 17.3 Å². The standard InChI is InChI=1S/C16H14BrF2N/c17-12-8-13(18)16(14(19)9-12)20-15(11-6-7-11)10-4-2-1-3-5-10/h1-5,8-9,11,15,20H,6-7H2. The summed E-state index contributed by atoms with van der Waals surface area (Å²) < 4.78 is 28.3. The molecule has 1 aliphatic carbocycles. The molecule has 0 saturated heterocycles. The lowest BCUT2D eigenvalue weighted by atomic mass is 10.0. The molecule has 1 N–H and O–H groups in total. The fourth-order valence-electron chi connectivity index (χ4n) is 2.40. The molecule has 1 atom stereocenters. The highest BCUT2D eigenvalue weighted by atomic mass is 79.9. The van der Waals surface area contributed by atoms with Crippen LogP contribution < -0.4 is 5.32 Å². The summed E-state index contributed by atoms with van der Waals surface area (Å²) in [5, 5.41) is 3.05. The van der Waals surface area contributed by atoms with Crippen LogP contribution in [0.5, 0.6) is 0 Å². The third kappa shape index (κ3) is 2.85. The van der Waals surface area contributed by atoms with E-state index in [9.17, 15) is 8.78 Å². The number of rotatable bonds is 4. The molecular weight excluding hydrogens is 324 g/mol. The van der Waals surface area contributed by atoms with Crippen molar-refractivity contribution in [2.24, 2.45) is 5.92 Å². The normalized spacial score (nSPS) is 15.9. The largest absolute Gasteiger partial charge is 0.373 e. The van der Waals surface area contributed by atoms with Crippen molar-refractivity contribution in [1.82, 2.24) is 0 Å². The highest BCUT2D eigenvalue weighted by Crippen LogP contribution is 2.43. The molecule has 0 aromatic heterocycles. The van der Waals surface area contributed by atoms with Gasteiger partial charge >= 0.3 is 0 Å². The Morgan fingerprint density at radius 1 is 1.05 bits per heavy atom. The molecule has 0 spiro atoms. The molecule has 1 nitrogen and oxygen atoms in total. The third-order valence-corrected chi connectivity index (χ3v) is 4.02. The Bertz CT molecular complexity index is 588. The van der Waals surface area contributed by atoms with E-state index in [-0.39, 0.29) is 11.7 Å². The van der Waals surface area contributed by atoms with E-state index >= 15 is 0 Å². The van der Waals surface area contributed by atoms with Crippen LogP contribution in [0, 0.1) is 17.6 Å². The first kappa shape index (κ1) is 13.6. The maximum absolute atomic E-state index is 13.9. The molecule has 0 amide bonds. The van der Waals surface area contributed by atoms with E-state index in [1.165, 1.54) is 12.1 Å². The molecule has 20 heavy (non-hydrogen) atoms. The first-order chi connectivity index (χ1) is 9.65. The summed E-state index contributed by atoms with van der Waals surface area (Å²) >= 11 is 3.09. The molecule has 2 aromatic carbocycles. The number of hydrogen-bond donors (Lipinski definition) is 1. The highest BCUT2D eigenvalue weighted by molar-refractivity contribution is 9.10. The molecule has 0 aliphatic heterocycles. The average Bonchev–Trinajstić information content (AvgIpc) is 3.23. The molecule has 1 saturated carbocycles. The van der Waals surface area contributed by atoms with E-state index in [1.807, 2.05) is 30.3 Å². The molecular formula is C16H14BrF2N. The summed E-state index contributed by atoms with van der Waals surface area (Å²) in [4.78, 5) is 0.